The van der Waals surface area contributed by atoms with Crippen LogP contribution in [0.2, 0.25) is 0 Å². The molecule has 2 bridgehead atoms. The molecule has 136 valence electrons. The number of hydrogen-bond donors (Lipinski definition) is 1. The minimum absolute atomic E-state index is 0.634. The van der Waals surface area contributed by atoms with Crippen molar-refractivity contribution in [2.24, 2.45) is 23.2 Å². The summed E-state index contributed by atoms with van der Waals surface area (Å²) in [5, 5.41) is 3.90. The molecule has 0 saturated heterocycles. The van der Waals surface area contributed by atoms with Crippen LogP contribution in [-0.2, 0) is 0 Å². The maximum atomic E-state index is 3.90. The fourth-order valence-electron chi connectivity index (χ4n) is 5.32. The highest BCUT2D eigenvalue weighted by atomic mass is 14.9. The van der Waals surface area contributed by atoms with Gasteiger partial charge in [0, 0.05) is 6.04 Å². The van der Waals surface area contributed by atoms with E-state index in [-0.39, 0.29) is 0 Å². The van der Waals surface area contributed by atoms with Gasteiger partial charge in [0.25, 0.3) is 0 Å². The van der Waals surface area contributed by atoms with E-state index in [1.165, 1.54) is 83.6 Å². The lowest BCUT2D eigenvalue weighted by molar-refractivity contribution is -0.114. The third-order valence-electron chi connectivity index (χ3n) is 7.29. The molecule has 1 heteroatoms. The van der Waals surface area contributed by atoms with Crippen LogP contribution in [0.25, 0.3) is 0 Å². The van der Waals surface area contributed by atoms with E-state index in [9.17, 15) is 0 Å². The lowest BCUT2D eigenvalue weighted by atomic mass is 9.45. The fourth-order valence-corrected chi connectivity index (χ4v) is 5.32. The maximum absolute atomic E-state index is 3.90. The van der Waals surface area contributed by atoms with E-state index in [0.29, 0.717) is 5.41 Å². The van der Waals surface area contributed by atoms with Crippen LogP contribution in [0, 0.1) is 23.2 Å². The van der Waals surface area contributed by atoms with Crippen molar-refractivity contribution >= 4 is 0 Å². The molecular weight excluding hydrogens is 278 g/mol. The van der Waals surface area contributed by atoms with Gasteiger partial charge in [-0.15, -0.1) is 0 Å². The standard InChI is InChI=1S/C22H43N/c1-5-6-7-8-9-10-11-12-13-14-15-23-21-17-19-16-20(18(21)2)22(19,3)4/h18-21,23H,5-17H2,1-4H3. The Hall–Kier alpha value is -0.0400. The van der Waals surface area contributed by atoms with Gasteiger partial charge in [-0.25, -0.2) is 0 Å². The van der Waals surface area contributed by atoms with E-state index in [2.05, 4.69) is 33.0 Å². The van der Waals surface area contributed by atoms with Gasteiger partial charge in [-0.1, -0.05) is 85.5 Å². The van der Waals surface area contributed by atoms with Crippen molar-refractivity contribution in [3.05, 3.63) is 0 Å². The molecule has 0 heterocycles. The Morgan fingerprint density at radius 3 is 1.91 bits per heavy atom. The number of unbranched alkanes of at least 4 members (excludes halogenated alkanes) is 9. The van der Waals surface area contributed by atoms with Gasteiger partial charge < -0.3 is 5.32 Å². The first-order valence-corrected chi connectivity index (χ1v) is 10.8. The first kappa shape index (κ1) is 19.3. The Morgan fingerprint density at radius 2 is 1.39 bits per heavy atom. The first-order valence-electron chi connectivity index (χ1n) is 10.8. The smallest absolute Gasteiger partial charge is 0.00983 e. The lowest BCUT2D eigenvalue weighted by Crippen LogP contribution is -2.60. The summed E-state index contributed by atoms with van der Waals surface area (Å²) in [7, 11) is 0. The minimum Gasteiger partial charge on any atom is -0.314 e. The molecule has 3 fully saturated rings. The number of nitrogens with one attached hydrogen (secondary N) is 1. The molecule has 3 aliphatic carbocycles. The molecule has 0 aromatic heterocycles. The molecule has 0 radical (unpaired) electrons. The highest BCUT2D eigenvalue weighted by Crippen LogP contribution is 2.61. The Morgan fingerprint density at radius 1 is 0.826 bits per heavy atom. The average molecular weight is 322 g/mol. The molecule has 0 aromatic carbocycles. The van der Waals surface area contributed by atoms with Crippen LogP contribution < -0.4 is 5.32 Å². The summed E-state index contributed by atoms with van der Waals surface area (Å²) in [4.78, 5) is 0. The van der Waals surface area contributed by atoms with Gasteiger partial charge in [0.2, 0.25) is 0 Å². The maximum Gasteiger partial charge on any atom is 0.00983 e. The van der Waals surface area contributed by atoms with Gasteiger partial charge in [0.05, 0.1) is 0 Å². The minimum atomic E-state index is 0.634. The van der Waals surface area contributed by atoms with Crippen LogP contribution in [0.5, 0.6) is 0 Å². The molecular formula is C22H43N. The summed E-state index contributed by atoms with van der Waals surface area (Å²) in [5.41, 5.74) is 0.634. The highest BCUT2D eigenvalue weighted by Gasteiger charge is 2.55. The molecule has 4 atom stereocenters. The van der Waals surface area contributed by atoms with Crippen LogP contribution in [0.15, 0.2) is 0 Å². The van der Waals surface area contributed by atoms with Crippen molar-refractivity contribution in [2.45, 2.75) is 111 Å². The monoisotopic (exact) mass is 321 g/mol. The zero-order chi connectivity index (χ0) is 16.7. The van der Waals surface area contributed by atoms with Gasteiger partial charge in [-0.2, -0.15) is 0 Å². The van der Waals surface area contributed by atoms with Crippen molar-refractivity contribution in [1.29, 1.82) is 0 Å². The number of hydrogen-bond acceptors (Lipinski definition) is 1. The molecule has 1 nitrogen and oxygen atoms in total. The van der Waals surface area contributed by atoms with Crippen LogP contribution in [0.3, 0.4) is 0 Å². The Bertz CT molecular complexity index is 322. The molecule has 23 heavy (non-hydrogen) atoms. The van der Waals surface area contributed by atoms with Crippen LogP contribution in [0.1, 0.15) is 105 Å². The van der Waals surface area contributed by atoms with Crippen molar-refractivity contribution in [1.82, 2.24) is 5.32 Å². The van der Waals surface area contributed by atoms with Gasteiger partial charge in [0.1, 0.15) is 0 Å². The molecule has 3 aliphatic rings. The van der Waals surface area contributed by atoms with E-state index >= 15 is 0 Å². The summed E-state index contributed by atoms with van der Waals surface area (Å²) >= 11 is 0. The zero-order valence-electron chi connectivity index (χ0n) is 16.5. The van der Waals surface area contributed by atoms with Crippen LogP contribution in [0.4, 0.5) is 0 Å². The summed E-state index contributed by atoms with van der Waals surface area (Å²) in [6.45, 7) is 11.1. The SMILES string of the molecule is CCCCCCCCCCCCNC1CC2CC(C1C)C2(C)C. The van der Waals surface area contributed by atoms with E-state index < -0.39 is 0 Å². The quantitative estimate of drug-likeness (QED) is 0.401. The summed E-state index contributed by atoms with van der Waals surface area (Å²) < 4.78 is 0. The van der Waals surface area contributed by atoms with E-state index in [0.717, 1.165) is 23.8 Å². The topological polar surface area (TPSA) is 12.0 Å². The second-order valence-electron chi connectivity index (χ2n) is 9.20. The number of fused-ring (bicyclic) bond motifs is 2. The third kappa shape index (κ3) is 5.21. The average Bonchev–Trinajstić information content (AvgIpc) is 2.53. The van der Waals surface area contributed by atoms with Gasteiger partial charge in [-0.05, 0) is 49.0 Å². The molecule has 3 saturated carbocycles. The normalized spacial score (nSPS) is 31.8. The van der Waals surface area contributed by atoms with E-state index in [4.69, 9.17) is 0 Å². The van der Waals surface area contributed by atoms with Gasteiger partial charge >= 0.3 is 0 Å². The van der Waals surface area contributed by atoms with Crippen molar-refractivity contribution in [3.63, 3.8) is 0 Å². The zero-order valence-corrected chi connectivity index (χ0v) is 16.5. The second kappa shape index (κ2) is 9.44. The van der Waals surface area contributed by atoms with Crippen molar-refractivity contribution in [3.8, 4) is 0 Å². The van der Waals surface area contributed by atoms with Gasteiger partial charge in [-0.3, -0.25) is 0 Å². The summed E-state index contributed by atoms with van der Waals surface area (Å²) in [6, 6.07) is 0.811. The highest BCUT2D eigenvalue weighted by molar-refractivity contribution is 5.06. The molecule has 1 N–H and O–H groups in total. The van der Waals surface area contributed by atoms with Crippen LogP contribution >= 0.6 is 0 Å². The largest absolute Gasteiger partial charge is 0.314 e. The summed E-state index contributed by atoms with van der Waals surface area (Å²) in [5.74, 6) is 2.86. The fraction of sp³-hybridized carbons (Fsp3) is 1.00. The number of rotatable bonds is 12. The van der Waals surface area contributed by atoms with E-state index in [1.807, 2.05) is 0 Å². The molecule has 0 amide bonds. The van der Waals surface area contributed by atoms with Crippen molar-refractivity contribution in [2.75, 3.05) is 6.54 Å². The first-order chi connectivity index (χ1) is 11.1. The predicted molar refractivity (Wildman–Crippen MR) is 103 cm³/mol. The Labute approximate surface area is 146 Å². The second-order valence-corrected chi connectivity index (χ2v) is 9.20. The van der Waals surface area contributed by atoms with E-state index in [1.54, 1.807) is 0 Å². The van der Waals surface area contributed by atoms with Crippen LogP contribution in [-0.4, -0.2) is 12.6 Å². The molecule has 0 aromatic rings. The molecule has 0 aliphatic heterocycles. The van der Waals surface area contributed by atoms with Gasteiger partial charge in [0.15, 0.2) is 0 Å². The van der Waals surface area contributed by atoms with Crippen molar-refractivity contribution < 1.29 is 0 Å². The molecule has 0 spiro atoms. The predicted octanol–water partition coefficient (Wildman–Crippen LogP) is 6.57. The molecule has 3 rings (SSSR count). The molecule has 4 unspecified atom stereocenters. The lowest BCUT2D eigenvalue weighted by Gasteiger charge is -2.62. The Balaban J connectivity index is 1.42. The Kier molecular flexibility index (Phi) is 7.92. The summed E-state index contributed by atoms with van der Waals surface area (Å²) in [6.07, 6.45) is 17.3. The third-order valence-corrected chi connectivity index (χ3v) is 7.29.